The Bertz CT molecular complexity index is 781. The van der Waals surface area contributed by atoms with Crippen molar-refractivity contribution in [2.75, 3.05) is 7.11 Å². The second-order valence-electron chi connectivity index (χ2n) is 4.16. The standard InChI is InChI=1S/C14H12O6S/c1-20-11-8-7-10(13(16)14(11)21(17,18)19)12(15)9-5-3-2-4-6-9/h2-8,16H,1H3,(H,17,18,19). The molecule has 0 fully saturated rings. The Hall–Kier alpha value is -2.38. The molecule has 0 heterocycles. The highest BCUT2D eigenvalue weighted by Gasteiger charge is 2.27. The van der Waals surface area contributed by atoms with Gasteiger partial charge >= 0.3 is 10.1 Å². The number of rotatable bonds is 4. The Morgan fingerprint density at radius 3 is 2.24 bits per heavy atom. The largest absolute Gasteiger partial charge is 0.506 e. The minimum Gasteiger partial charge on any atom is -0.506 e. The van der Waals surface area contributed by atoms with Crippen molar-refractivity contribution in [3.8, 4) is 11.5 Å². The van der Waals surface area contributed by atoms with Crippen LogP contribution in [0.25, 0.3) is 0 Å². The number of phenols is 1. The number of phenolic OH excluding ortho intramolecular Hbond substituents is 1. The minimum atomic E-state index is -4.74. The van der Waals surface area contributed by atoms with E-state index in [0.717, 1.165) is 0 Å². The van der Waals surface area contributed by atoms with E-state index in [0.29, 0.717) is 0 Å². The third-order valence-electron chi connectivity index (χ3n) is 2.85. The van der Waals surface area contributed by atoms with Gasteiger partial charge in [0.1, 0.15) is 5.75 Å². The Morgan fingerprint density at radius 2 is 1.71 bits per heavy atom. The zero-order valence-corrected chi connectivity index (χ0v) is 11.8. The topological polar surface area (TPSA) is 101 Å². The van der Waals surface area contributed by atoms with Crippen LogP contribution in [0.1, 0.15) is 15.9 Å². The van der Waals surface area contributed by atoms with Gasteiger partial charge in [-0.3, -0.25) is 9.35 Å². The molecule has 6 nitrogen and oxygen atoms in total. The van der Waals surface area contributed by atoms with Gasteiger partial charge in [0.05, 0.1) is 12.7 Å². The summed E-state index contributed by atoms with van der Waals surface area (Å²) in [4.78, 5) is 11.4. The van der Waals surface area contributed by atoms with Gasteiger partial charge < -0.3 is 9.84 Å². The maximum absolute atomic E-state index is 12.3. The second-order valence-corrected chi connectivity index (χ2v) is 5.52. The van der Waals surface area contributed by atoms with Crippen molar-refractivity contribution in [3.05, 3.63) is 53.6 Å². The molecule has 2 aromatic rings. The van der Waals surface area contributed by atoms with Crippen LogP contribution >= 0.6 is 0 Å². The lowest BCUT2D eigenvalue weighted by atomic mass is 10.0. The van der Waals surface area contributed by atoms with Crippen LogP contribution in [0.15, 0.2) is 47.4 Å². The number of methoxy groups -OCH3 is 1. The highest BCUT2D eigenvalue weighted by Crippen LogP contribution is 2.36. The second kappa shape index (κ2) is 5.55. The summed E-state index contributed by atoms with van der Waals surface area (Å²) >= 11 is 0. The van der Waals surface area contributed by atoms with Crippen molar-refractivity contribution in [3.63, 3.8) is 0 Å². The Balaban J connectivity index is 2.65. The molecule has 2 rings (SSSR count). The van der Waals surface area contributed by atoms with Crippen LogP contribution in [0.2, 0.25) is 0 Å². The number of hydrogen-bond donors (Lipinski definition) is 2. The van der Waals surface area contributed by atoms with Crippen LogP contribution in [0.3, 0.4) is 0 Å². The fraction of sp³-hybridized carbons (Fsp3) is 0.0714. The molecule has 0 unspecified atom stereocenters. The van der Waals surface area contributed by atoms with Crippen molar-refractivity contribution >= 4 is 15.9 Å². The molecule has 21 heavy (non-hydrogen) atoms. The third kappa shape index (κ3) is 2.88. The molecule has 0 aliphatic rings. The highest BCUT2D eigenvalue weighted by molar-refractivity contribution is 7.86. The molecule has 7 heteroatoms. The zero-order valence-electron chi connectivity index (χ0n) is 11.0. The van der Waals surface area contributed by atoms with Gasteiger partial charge in [-0.25, -0.2) is 0 Å². The monoisotopic (exact) mass is 308 g/mol. The van der Waals surface area contributed by atoms with Crippen molar-refractivity contribution < 1.29 is 27.6 Å². The molecule has 0 aromatic heterocycles. The van der Waals surface area contributed by atoms with E-state index in [-0.39, 0.29) is 16.9 Å². The summed E-state index contributed by atoms with van der Waals surface area (Å²) in [5.41, 5.74) is 0.0360. The van der Waals surface area contributed by atoms with Crippen molar-refractivity contribution in [1.82, 2.24) is 0 Å². The van der Waals surface area contributed by atoms with Gasteiger partial charge in [-0.05, 0) is 12.1 Å². The number of ketones is 1. The quantitative estimate of drug-likeness (QED) is 0.660. The molecule has 0 bridgehead atoms. The number of carbonyl (C=O) groups is 1. The van der Waals surface area contributed by atoms with Gasteiger partial charge in [0, 0.05) is 5.56 Å². The zero-order chi connectivity index (χ0) is 15.6. The summed E-state index contributed by atoms with van der Waals surface area (Å²) in [7, 11) is -3.56. The minimum absolute atomic E-state index is 0.241. The van der Waals surface area contributed by atoms with E-state index < -0.39 is 26.5 Å². The predicted octanol–water partition coefficient (Wildman–Crippen LogP) is 1.88. The van der Waals surface area contributed by atoms with Crippen LogP contribution in [0.4, 0.5) is 0 Å². The molecule has 0 aliphatic carbocycles. The fourth-order valence-electron chi connectivity index (χ4n) is 1.89. The number of ether oxygens (including phenoxy) is 1. The first-order valence-electron chi connectivity index (χ1n) is 5.83. The summed E-state index contributed by atoms with van der Waals surface area (Å²) < 4.78 is 36.7. The summed E-state index contributed by atoms with van der Waals surface area (Å²) in [5, 5.41) is 10.0. The van der Waals surface area contributed by atoms with E-state index in [1.165, 1.54) is 31.4 Å². The van der Waals surface area contributed by atoms with E-state index in [1.54, 1.807) is 18.2 Å². The van der Waals surface area contributed by atoms with Gasteiger partial charge in [-0.2, -0.15) is 8.42 Å². The molecule has 0 spiro atoms. The van der Waals surface area contributed by atoms with Crippen LogP contribution in [-0.2, 0) is 10.1 Å². The lowest BCUT2D eigenvalue weighted by molar-refractivity contribution is 0.103. The van der Waals surface area contributed by atoms with E-state index in [2.05, 4.69) is 0 Å². The normalized spacial score (nSPS) is 11.1. The molecule has 110 valence electrons. The summed E-state index contributed by atoms with van der Waals surface area (Å²) in [6, 6.07) is 10.5. The Labute approximate surface area is 121 Å². The third-order valence-corrected chi connectivity index (χ3v) is 3.76. The molecule has 0 radical (unpaired) electrons. The molecule has 2 aromatic carbocycles. The predicted molar refractivity (Wildman–Crippen MR) is 74.3 cm³/mol. The van der Waals surface area contributed by atoms with Crippen LogP contribution in [0, 0.1) is 0 Å². The van der Waals surface area contributed by atoms with Gasteiger partial charge in [0.2, 0.25) is 0 Å². The maximum atomic E-state index is 12.3. The van der Waals surface area contributed by atoms with Gasteiger partial charge in [0.25, 0.3) is 0 Å². The average molecular weight is 308 g/mol. The lowest BCUT2D eigenvalue weighted by Gasteiger charge is -2.11. The van der Waals surface area contributed by atoms with Gasteiger partial charge in [-0.15, -0.1) is 0 Å². The summed E-state index contributed by atoms with van der Waals surface area (Å²) in [5.74, 6) is -1.66. The molecule has 0 saturated heterocycles. The van der Waals surface area contributed by atoms with Crippen molar-refractivity contribution in [1.29, 1.82) is 0 Å². The Kier molecular flexibility index (Phi) is 3.97. The Morgan fingerprint density at radius 1 is 1.10 bits per heavy atom. The number of hydrogen-bond acceptors (Lipinski definition) is 5. The van der Waals surface area contributed by atoms with Crippen LogP contribution in [-0.4, -0.2) is 31.0 Å². The van der Waals surface area contributed by atoms with Crippen LogP contribution < -0.4 is 4.74 Å². The van der Waals surface area contributed by atoms with Crippen molar-refractivity contribution in [2.45, 2.75) is 4.90 Å². The number of benzene rings is 2. The molecule has 0 amide bonds. The molecule has 2 N–H and O–H groups in total. The highest BCUT2D eigenvalue weighted by atomic mass is 32.2. The first kappa shape index (κ1) is 15.0. The van der Waals surface area contributed by atoms with E-state index in [4.69, 9.17) is 4.74 Å². The molecule has 0 saturated carbocycles. The lowest BCUT2D eigenvalue weighted by Crippen LogP contribution is -2.07. The summed E-state index contributed by atoms with van der Waals surface area (Å²) in [6.07, 6.45) is 0. The molecule has 0 aliphatic heterocycles. The fourth-order valence-corrected chi connectivity index (χ4v) is 2.65. The van der Waals surface area contributed by atoms with E-state index in [1.807, 2.05) is 0 Å². The summed E-state index contributed by atoms with van der Waals surface area (Å²) in [6.45, 7) is 0. The molecular formula is C14H12O6S. The number of carbonyl (C=O) groups excluding carboxylic acids is 1. The van der Waals surface area contributed by atoms with E-state index in [9.17, 15) is 22.9 Å². The molecular weight excluding hydrogens is 296 g/mol. The van der Waals surface area contributed by atoms with Crippen molar-refractivity contribution in [2.24, 2.45) is 0 Å². The maximum Gasteiger partial charge on any atom is 0.301 e. The molecule has 0 atom stereocenters. The van der Waals surface area contributed by atoms with E-state index >= 15 is 0 Å². The van der Waals surface area contributed by atoms with Crippen LogP contribution in [0.5, 0.6) is 11.5 Å². The first-order chi connectivity index (χ1) is 9.86. The average Bonchev–Trinajstić information content (AvgIpc) is 2.45. The van der Waals surface area contributed by atoms with Gasteiger partial charge in [-0.1, -0.05) is 30.3 Å². The smallest absolute Gasteiger partial charge is 0.301 e. The van der Waals surface area contributed by atoms with Gasteiger partial charge in [0.15, 0.2) is 16.4 Å². The first-order valence-corrected chi connectivity index (χ1v) is 7.27. The SMILES string of the molecule is COc1ccc(C(=O)c2ccccc2)c(O)c1S(=O)(=O)O. The number of aromatic hydroxyl groups is 1.